The lowest BCUT2D eigenvalue weighted by Gasteiger charge is -2.00. The van der Waals surface area contributed by atoms with Gasteiger partial charge in [-0.3, -0.25) is 0 Å². The Labute approximate surface area is 115 Å². The van der Waals surface area contributed by atoms with Crippen LogP contribution in [-0.4, -0.2) is 21.0 Å². The van der Waals surface area contributed by atoms with Crippen molar-refractivity contribution >= 4 is 5.97 Å². The summed E-state index contributed by atoms with van der Waals surface area (Å²) in [5.41, 5.74) is 0.948. The van der Waals surface area contributed by atoms with E-state index in [0.717, 1.165) is 5.69 Å². The molecule has 0 saturated heterocycles. The van der Waals surface area contributed by atoms with Gasteiger partial charge >= 0.3 is 5.97 Å². The second kappa shape index (κ2) is 5.36. The molecule has 98 valence electrons. The van der Waals surface area contributed by atoms with Crippen LogP contribution in [0, 0.1) is 0 Å². The molecule has 0 aliphatic carbocycles. The summed E-state index contributed by atoms with van der Waals surface area (Å²) in [6.45, 7) is 0. The van der Waals surface area contributed by atoms with Crippen molar-refractivity contribution < 1.29 is 9.53 Å². The van der Waals surface area contributed by atoms with Gasteiger partial charge in [-0.1, -0.05) is 36.4 Å². The molecule has 20 heavy (non-hydrogen) atoms. The molecule has 2 aromatic carbocycles. The topological polar surface area (TPSA) is 57.0 Å². The van der Waals surface area contributed by atoms with E-state index in [-0.39, 0.29) is 5.69 Å². The highest BCUT2D eigenvalue weighted by Gasteiger charge is 2.13. The minimum absolute atomic E-state index is 0.165. The molecule has 0 aliphatic rings. The van der Waals surface area contributed by atoms with Gasteiger partial charge in [-0.05, 0) is 24.3 Å². The summed E-state index contributed by atoms with van der Waals surface area (Å²) in [4.78, 5) is 13.3. The van der Waals surface area contributed by atoms with Crippen LogP contribution >= 0.6 is 0 Å². The molecule has 0 amide bonds. The van der Waals surface area contributed by atoms with Crippen LogP contribution in [0.1, 0.15) is 10.5 Å². The Kier molecular flexibility index (Phi) is 3.24. The Balaban J connectivity index is 1.79. The Morgan fingerprint density at radius 1 is 0.950 bits per heavy atom. The fourth-order valence-corrected chi connectivity index (χ4v) is 1.69. The summed E-state index contributed by atoms with van der Waals surface area (Å²) in [6, 6.07) is 18.2. The minimum atomic E-state index is -0.529. The number of rotatable bonds is 3. The van der Waals surface area contributed by atoms with E-state index in [1.807, 2.05) is 36.4 Å². The lowest BCUT2D eigenvalue weighted by molar-refractivity contribution is 0.0728. The number of aromatic nitrogens is 3. The van der Waals surface area contributed by atoms with Gasteiger partial charge < -0.3 is 4.74 Å². The van der Waals surface area contributed by atoms with Gasteiger partial charge in [-0.15, -0.1) is 5.10 Å². The lowest BCUT2D eigenvalue weighted by Crippen LogP contribution is -2.10. The molecule has 1 aromatic heterocycles. The van der Waals surface area contributed by atoms with E-state index in [9.17, 15) is 4.79 Å². The van der Waals surface area contributed by atoms with Gasteiger partial charge in [0.2, 0.25) is 0 Å². The minimum Gasteiger partial charge on any atom is -0.422 e. The predicted molar refractivity (Wildman–Crippen MR) is 72.8 cm³/mol. The van der Waals surface area contributed by atoms with Gasteiger partial charge in [-0.2, -0.15) is 9.90 Å². The number of esters is 1. The maximum atomic E-state index is 11.9. The van der Waals surface area contributed by atoms with Crippen molar-refractivity contribution in [3.05, 3.63) is 72.6 Å². The van der Waals surface area contributed by atoms with E-state index in [1.165, 1.54) is 11.0 Å². The summed E-state index contributed by atoms with van der Waals surface area (Å²) in [6.07, 6.45) is 1.39. The largest absolute Gasteiger partial charge is 0.422 e. The molecule has 0 bridgehead atoms. The Morgan fingerprint density at radius 3 is 2.30 bits per heavy atom. The van der Waals surface area contributed by atoms with Gasteiger partial charge in [0, 0.05) is 0 Å². The predicted octanol–water partition coefficient (Wildman–Crippen LogP) is 2.49. The molecule has 0 spiro atoms. The number of ether oxygens (including phenoxy) is 1. The van der Waals surface area contributed by atoms with Crippen molar-refractivity contribution in [2.75, 3.05) is 0 Å². The zero-order valence-electron chi connectivity index (χ0n) is 10.5. The monoisotopic (exact) mass is 265 g/mol. The molecule has 5 nitrogen and oxygen atoms in total. The smallest absolute Gasteiger partial charge is 0.365 e. The van der Waals surface area contributed by atoms with E-state index in [1.54, 1.807) is 24.3 Å². The van der Waals surface area contributed by atoms with Crippen LogP contribution in [0.3, 0.4) is 0 Å². The highest BCUT2D eigenvalue weighted by molar-refractivity contribution is 5.88. The Morgan fingerprint density at radius 2 is 1.60 bits per heavy atom. The van der Waals surface area contributed by atoms with Crippen LogP contribution < -0.4 is 4.74 Å². The van der Waals surface area contributed by atoms with E-state index in [4.69, 9.17) is 4.74 Å². The third-order valence-electron chi connectivity index (χ3n) is 2.64. The molecule has 5 heteroatoms. The molecule has 0 radical (unpaired) electrons. The Hall–Kier alpha value is -2.95. The zero-order chi connectivity index (χ0) is 13.8. The first-order valence-corrected chi connectivity index (χ1v) is 6.08. The van der Waals surface area contributed by atoms with Gasteiger partial charge in [0.25, 0.3) is 0 Å². The zero-order valence-corrected chi connectivity index (χ0v) is 10.5. The number of hydrogen-bond acceptors (Lipinski definition) is 4. The maximum Gasteiger partial charge on any atom is 0.365 e. The molecule has 0 N–H and O–H groups in total. The van der Waals surface area contributed by atoms with Crippen molar-refractivity contribution in [1.29, 1.82) is 0 Å². The van der Waals surface area contributed by atoms with Crippen LogP contribution in [-0.2, 0) is 0 Å². The summed E-state index contributed by atoms with van der Waals surface area (Å²) in [5.74, 6) is -0.0508. The average Bonchev–Trinajstić information content (AvgIpc) is 2.99. The van der Waals surface area contributed by atoms with Gasteiger partial charge in [-0.25, -0.2) is 4.79 Å². The quantitative estimate of drug-likeness (QED) is 0.539. The molecule has 1 heterocycles. The fourth-order valence-electron chi connectivity index (χ4n) is 1.69. The Bertz CT molecular complexity index is 708. The van der Waals surface area contributed by atoms with Crippen LogP contribution in [0.25, 0.3) is 5.69 Å². The lowest BCUT2D eigenvalue weighted by atomic mass is 10.3. The third kappa shape index (κ3) is 2.56. The number of hydrogen-bond donors (Lipinski definition) is 0. The molecule has 3 rings (SSSR count). The van der Waals surface area contributed by atoms with E-state index < -0.39 is 5.97 Å². The number of benzene rings is 2. The average molecular weight is 265 g/mol. The van der Waals surface area contributed by atoms with Crippen molar-refractivity contribution in [3.63, 3.8) is 0 Å². The number of para-hydroxylation sites is 2. The summed E-state index contributed by atoms with van der Waals surface area (Å²) in [5, 5.41) is 8.16. The molecule has 0 aliphatic heterocycles. The van der Waals surface area contributed by atoms with Gasteiger partial charge in [0.15, 0.2) is 5.69 Å². The first-order valence-electron chi connectivity index (χ1n) is 6.08. The normalized spacial score (nSPS) is 10.2. The molecular weight excluding hydrogens is 254 g/mol. The van der Waals surface area contributed by atoms with Crippen molar-refractivity contribution in [2.24, 2.45) is 0 Å². The molecule has 0 atom stereocenters. The molecular formula is C15H11N3O2. The van der Waals surface area contributed by atoms with E-state index >= 15 is 0 Å². The van der Waals surface area contributed by atoms with Gasteiger partial charge in [0.05, 0.1) is 11.9 Å². The highest BCUT2D eigenvalue weighted by Crippen LogP contribution is 2.11. The maximum absolute atomic E-state index is 11.9. The van der Waals surface area contributed by atoms with Crippen molar-refractivity contribution in [2.45, 2.75) is 0 Å². The second-order valence-electron chi connectivity index (χ2n) is 4.06. The van der Waals surface area contributed by atoms with Crippen LogP contribution in [0.5, 0.6) is 5.75 Å². The highest BCUT2D eigenvalue weighted by atomic mass is 16.5. The van der Waals surface area contributed by atoms with Crippen molar-refractivity contribution in [1.82, 2.24) is 15.0 Å². The first-order chi connectivity index (χ1) is 9.83. The SMILES string of the molecule is O=C(Oc1ccccc1)c1cnn(-c2ccccc2)n1. The molecule has 0 fully saturated rings. The van der Waals surface area contributed by atoms with Crippen LogP contribution in [0.15, 0.2) is 66.9 Å². The fraction of sp³-hybridized carbons (Fsp3) is 0. The van der Waals surface area contributed by atoms with Crippen LogP contribution in [0.2, 0.25) is 0 Å². The second-order valence-corrected chi connectivity index (χ2v) is 4.06. The third-order valence-corrected chi connectivity index (χ3v) is 2.64. The van der Waals surface area contributed by atoms with E-state index in [0.29, 0.717) is 5.75 Å². The molecule has 0 saturated carbocycles. The summed E-state index contributed by atoms with van der Waals surface area (Å²) in [7, 11) is 0. The number of nitrogens with zero attached hydrogens (tertiary/aromatic N) is 3. The summed E-state index contributed by atoms with van der Waals surface area (Å²) >= 11 is 0. The first kappa shape index (κ1) is 12.1. The van der Waals surface area contributed by atoms with Crippen molar-refractivity contribution in [3.8, 4) is 11.4 Å². The van der Waals surface area contributed by atoms with Gasteiger partial charge in [0.1, 0.15) is 5.75 Å². The molecule has 3 aromatic rings. The number of carbonyl (C=O) groups is 1. The van der Waals surface area contributed by atoms with E-state index in [2.05, 4.69) is 10.2 Å². The summed E-state index contributed by atoms with van der Waals surface area (Å²) < 4.78 is 5.19. The van der Waals surface area contributed by atoms with Crippen LogP contribution in [0.4, 0.5) is 0 Å². The molecule has 0 unspecified atom stereocenters. The number of carbonyl (C=O) groups excluding carboxylic acids is 1. The standard InChI is InChI=1S/C15H11N3O2/c19-15(20-13-9-5-2-6-10-13)14-11-16-18(17-14)12-7-3-1-4-8-12/h1-11H.